The number of aliphatic imine (C=N–C) groups is 1. The topological polar surface area (TPSA) is 62.0 Å². The molecule has 1 fully saturated rings. The van der Waals surface area contributed by atoms with Crippen LogP contribution in [-0.2, 0) is 13.0 Å². The standard InChI is InChI=1S/C24H36N4O2.HI/c1-3-4-15-28-16-12-21(13-17-28)27-24(25-14-11-23-6-5-18-30-23)26-19-20-7-9-22(29-2)10-8-20;/h5-10,18,21H,3-4,11-17,19H2,1-2H3,(H2,25,26,27);1H. The van der Waals surface area contributed by atoms with Crippen LogP contribution in [0.5, 0.6) is 5.75 Å². The second kappa shape index (κ2) is 14.3. The largest absolute Gasteiger partial charge is 0.497 e. The Hall–Kier alpha value is -1.74. The molecule has 3 rings (SSSR count). The predicted molar refractivity (Wildman–Crippen MR) is 137 cm³/mol. The molecule has 172 valence electrons. The van der Waals surface area contributed by atoms with Gasteiger partial charge in [-0.05, 0) is 55.6 Å². The molecule has 0 bridgehead atoms. The summed E-state index contributed by atoms with van der Waals surface area (Å²) in [7, 11) is 1.69. The lowest BCUT2D eigenvalue weighted by molar-refractivity contribution is 0.203. The van der Waals surface area contributed by atoms with Crippen LogP contribution in [0.2, 0.25) is 0 Å². The third-order valence-corrected chi connectivity index (χ3v) is 5.58. The number of rotatable bonds is 10. The van der Waals surface area contributed by atoms with Gasteiger partial charge in [-0.1, -0.05) is 25.5 Å². The van der Waals surface area contributed by atoms with E-state index in [1.54, 1.807) is 13.4 Å². The van der Waals surface area contributed by atoms with Gasteiger partial charge in [-0.15, -0.1) is 24.0 Å². The maximum atomic E-state index is 5.44. The SMILES string of the molecule is CCCCN1CCC(NC(=NCc2ccc(OC)cc2)NCCc2ccco2)CC1.I. The highest BCUT2D eigenvalue weighted by Crippen LogP contribution is 2.13. The highest BCUT2D eigenvalue weighted by molar-refractivity contribution is 14.0. The summed E-state index contributed by atoms with van der Waals surface area (Å²) in [4.78, 5) is 7.42. The number of hydrogen-bond donors (Lipinski definition) is 2. The summed E-state index contributed by atoms with van der Waals surface area (Å²) in [6.07, 6.45) is 7.43. The minimum atomic E-state index is 0. The molecule has 2 N–H and O–H groups in total. The van der Waals surface area contributed by atoms with Gasteiger partial charge in [0.25, 0.3) is 0 Å². The van der Waals surface area contributed by atoms with Crippen LogP contribution in [0.3, 0.4) is 0 Å². The van der Waals surface area contributed by atoms with Crippen LogP contribution in [0.4, 0.5) is 0 Å². The fraction of sp³-hybridized carbons (Fsp3) is 0.542. The third kappa shape index (κ3) is 9.11. The molecule has 1 aromatic carbocycles. The van der Waals surface area contributed by atoms with Gasteiger partial charge in [-0.25, -0.2) is 4.99 Å². The highest BCUT2D eigenvalue weighted by Gasteiger charge is 2.19. The lowest BCUT2D eigenvalue weighted by Gasteiger charge is -2.33. The van der Waals surface area contributed by atoms with Crippen molar-refractivity contribution in [3.05, 3.63) is 54.0 Å². The van der Waals surface area contributed by atoms with Crippen molar-refractivity contribution in [3.63, 3.8) is 0 Å². The van der Waals surface area contributed by atoms with Crippen molar-refractivity contribution in [3.8, 4) is 5.75 Å². The Bertz CT molecular complexity index is 741. The van der Waals surface area contributed by atoms with E-state index in [4.69, 9.17) is 14.1 Å². The molecular weight excluding hydrogens is 503 g/mol. The maximum Gasteiger partial charge on any atom is 0.191 e. The molecule has 31 heavy (non-hydrogen) atoms. The minimum absolute atomic E-state index is 0. The van der Waals surface area contributed by atoms with Gasteiger partial charge in [0.1, 0.15) is 11.5 Å². The number of hydrogen-bond acceptors (Lipinski definition) is 4. The minimum Gasteiger partial charge on any atom is -0.497 e. The van der Waals surface area contributed by atoms with E-state index in [1.807, 2.05) is 24.3 Å². The number of ether oxygens (including phenoxy) is 1. The molecule has 0 spiro atoms. The van der Waals surface area contributed by atoms with Crippen LogP contribution >= 0.6 is 24.0 Å². The van der Waals surface area contributed by atoms with E-state index in [1.165, 1.54) is 19.4 Å². The van der Waals surface area contributed by atoms with Crippen molar-refractivity contribution in [1.29, 1.82) is 0 Å². The van der Waals surface area contributed by atoms with E-state index < -0.39 is 0 Å². The van der Waals surface area contributed by atoms with E-state index in [9.17, 15) is 0 Å². The molecule has 7 heteroatoms. The van der Waals surface area contributed by atoms with E-state index in [0.29, 0.717) is 12.6 Å². The quantitative estimate of drug-likeness (QED) is 0.265. The van der Waals surface area contributed by atoms with Crippen molar-refractivity contribution in [2.24, 2.45) is 4.99 Å². The molecule has 1 aliphatic rings. The highest BCUT2D eigenvalue weighted by atomic mass is 127. The smallest absolute Gasteiger partial charge is 0.191 e. The Morgan fingerprint density at radius 1 is 1.19 bits per heavy atom. The zero-order valence-corrected chi connectivity index (χ0v) is 21.1. The lowest BCUT2D eigenvalue weighted by Crippen LogP contribution is -2.49. The Morgan fingerprint density at radius 2 is 1.97 bits per heavy atom. The van der Waals surface area contributed by atoms with Crippen molar-refractivity contribution < 1.29 is 9.15 Å². The number of nitrogens with one attached hydrogen (secondary N) is 2. The number of guanidine groups is 1. The van der Waals surface area contributed by atoms with E-state index >= 15 is 0 Å². The summed E-state index contributed by atoms with van der Waals surface area (Å²) >= 11 is 0. The summed E-state index contributed by atoms with van der Waals surface area (Å²) in [5, 5.41) is 7.15. The summed E-state index contributed by atoms with van der Waals surface area (Å²) in [5.41, 5.74) is 1.16. The van der Waals surface area contributed by atoms with Crippen molar-refractivity contribution >= 4 is 29.9 Å². The third-order valence-electron chi connectivity index (χ3n) is 5.58. The fourth-order valence-electron chi connectivity index (χ4n) is 3.69. The van der Waals surface area contributed by atoms with Gasteiger partial charge in [0, 0.05) is 32.1 Å². The van der Waals surface area contributed by atoms with Crippen LogP contribution in [0.1, 0.15) is 43.9 Å². The van der Waals surface area contributed by atoms with Crippen LogP contribution < -0.4 is 15.4 Å². The fourth-order valence-corrected chi connectivity index (χ4v) is 3.69. The number of methoxy groups -OCH3 is 1. The predicted octanol–water partition coefficient (Wildman–Crippen LogP) is 4.45. The lowest BCUT2D eigenvalue weighted by atomic mass is 10.0. The first-order valence-corrected chi connectivity index (χ1v) is 11.2. The average Bonchev–Trinajstić information content (AvgIpc) is 3.31. The number of nitrogens with zero attached hydrogens (tertiary/aromatic N) is 2. The molecule has 1 saturated heterocycles. The molecular formula is C24H37IN4O2. The van der Waals surface area contributed by atoms with E-state index in [0.717, 1.165) is 61.9 Å². The zero-order valence-electron chi connectivity index (χ0n) is 18.8. The average molecular weight is 540 g/mol. The monoisotopic (exact) mass is 540 g/mol. The Kier molecular flexibility index (Phi) is 11.8. The van der Waals surface area contributed by atoms with Gasteiger partial charge in [-0.2, -0.15) is 0 Å². The molecule has 0 saturated carbocycles. The van der Waals surface area contributed by atoms with Crippen LogP contribution in [0.25, 0.3) is 0 Å². The normalized spacial score (nSPS) is 15.4. The van der Waals surface area contributed by atoms with Gasteiger partial charge in [-0.3, -0.25) is 0 Å². The second-order valence-electron chi connectivity index (χ2n) is 7.88. The molecule has 0 amide bonds. The molecule has 0 aliphatic carbocycles. The Morgan fingerprint density at radius 3 is 2.61 bits per heavy atom. The second-order valence-corrected chi connectivity index (χ2v) is 7.88. The van der Waals surface area contributed by atoms with Gasteiger partial charge in [0.15, 0.2) is 5.96 Å². The number of piperidine rings is 1. The van der Waals surface area contributed by atoms with E-state index in [2.05, 4.69) is 34.6 Å². The first-order chi connectivity index (χ1) is 14.8. The zero-order chi connectivity index (χ0) is 21.0. The molecule has 2 aromatic rings. The first kappa shape index (κ1) is 25.5. The molecule has 1 aliphatic heterocycles. The van der Waals surface area contributed by atoms with Crippen LogP contribution in [-0.4, -0.2) is 50.2 Å². The number of halogens is 1. The summed E-state index contributed by atoms with van der Waals surface area (Å²) < 4.78 is 10.7. The Balaban J connectivity index is 0.00000341. The van der Waals surface area contributed by atoms with Crippen LogP contribution in [0.15, 0.2) is 52.1 Å². The van der Waals surface area contributed by atoms with E-state index in [-0.39, 0.29) is 24.0 Å². The number of likely N-dealkylation sites (tertiary alicyclic amines) is 1. The maximum absolute atomic E-state index is 5.44. The van der Waals surface area contributed by atoms with Crippen LogP contribution in [0, 0.1) is 0 Å². The molecule has 0 radical (unpaired) electrons. The molecule has 0 unspecified atom stereocenters. The number of benzene rings is 1. The molecule has 1 aromatic heterocycles. The molecule has 6 nitrogen and oxygen atoms in total. The van der Waals surface area contributed by atoms with Gasteiger partial charge < -0.3 is 24.7 Å². The summed E-state index contributed by atoms with van der Waals surface area (Å²) in [5.74, 6) is 2.73. The summed E-state index contributed by atoms with van der Waals surface area (Å²) in [6.45, 7) is 7.23. The summed E-state index contributed by atoms with van der Waals surface area (Å²) in [6, 6.07) is 12.5. The number of furan rings is 1. The first-order valence-electron chi connectivity index (χ1n) is 11.2. The van der Waals surface area contributed by atoms with Gasteiger partial charge >= 0.3 is 0 Å². The Labute approximate surface area is 203 Å². The van der Waals surface area contributed by atoms with Gasteiger partial charge in [0.05, 0.1) is 19.9 Å². The molecule has 0 atom stereocenters. The van der Waals surface area contributed by atoms with Crippen molar-refractivity contribution in [1.82, 2.24) is 15.5 Å². The number of unbranched alkanes of at least 4 members (excludes halogenated alkanes) is 1. The van der Waals surface area contributed by atoms with Crippen molar-refractivity contribution in [2.75, 3.05) is 33.3 Å². The van der Waals surface area contributed by atoms with Crippen molar-refractivity contribution in [2.45, 2.75) is 51.6 Å². The molecule has 2 heterocycles. The van der Waals surface area contributed by atoms with Gasteiger partial charge in [0.2, 0.25) is 0 Å².